The first-order chi connectivity index (χ1) is 9.68. The number of nitrogens with zero attached hydrogens (tertiary/aromatic N) is 6. The van der Waals surface area contributed by atoms with Crippen molar-refractivity contribution in [3.05, 3.63) is 41.5 Å². The zero-order valence-corrected chi connectivity index (χ0v) is 10.0. The third kappa shape index (κ3) is 3.30. The monoisotopic (exact) mass is 262 g/mol. The van der Waals surface area contributed by atoms with E-state index in [2.05, 4.69) is 26.5 Å². The lowest BCUT2D eigenvalue weighted by molar-refractivity contribution is 1.22. The van der Waals surface area contributed by atoms with Gasteiger partial charge >= 0.3 is 0 Å². The summed E-state index contributed by atoms with van der Waals surface area (Å²) in [4.78, 5) is 12.5. The molecule has 0 aliphatic heterocycles. The molecule has 0 aliphatic carbocycles. The molecule has 94 valence electrons. The highest BCUT2D eigenvalue weighted by atomic mass is 14.9. The SMILES string of the molecule is C=Cc1nc(C#N)c(C#N)[nH]1.N#Cc1c[nH]c(C#N)n1. The third-order valence-corrected chi connectivity index (χ3v) is 1.93. The van der Waals surface area contributed by atoms with Crippen molar-refractivity contribution in [3.63, 3.8) is 0 Å². The van der Waals surface area contributed by atoms with Crippen molar-refractivity contribution >= 4 is 6.08 Å². The Kier molecular flexibility index (Phi) is 4.79. The molecule has 0 atom stereocenters. The number of hydrogen-bond donors (Lipinski definition) is 2. The number of nitrogens with one attached hydrogen (secondary N) is 2. The molecule has 8 heteroatoms. The zero-order chi connectivity index (χ0) is 15.0. The van der Waals surface area contributed by atoms with Crippen LogP contribution in [-0.2, 0) is 0 Å². The van der Waals surface area contributed by atoms with Gasteiger partial charge in [-0.05, 0) is 6.08 Å². The van der Waals surface area contributed by atoms with Crippen LogP contribution in [0.25, 0.3) is 6.08 Å². The van der Waals surface area contributed by atoms with Gasteiger partial charge in [-0.25, -0.2) is 9.97 Å². The molecule has 0 saturated carbocycles. The predicted octanol–water partition coefficient (Wildman–Crippen LogP) is 0.949. The van der Waals surface area contributed by atoms with Crippen LogP contribution in [0.15, 0.2) is 12.8 Å². The fraction of sp³-hybridized carbons (Fsp3) is 0. The standard InChI is InChI=1S/C7H4N4.C5H2N4/c1-2-7-10-5(3-8)6(4-9)11-7;6-1-4-3-8-5(2-7)9-4/h2H,1H2,(H,10,11);3H,(H,8,9). The van der Waals surface area contributed by atoms with Gasteiger partial charge in [0.15, 0.2) is 17.1 Å². The first-order valence-corrected chi connectivity index (χ1v) is 5.06. The largest absolute Gasteiger partial charge is 0.335 e. The lowest BCUT2D eigenvalue weighted by Gasteiger charge is -1.75. The molecular weight excluding hydrogens is 256 g/mol. The van der Waals surface area contributed by atoms with Gasteiger partial charge in [-0.2, -0.15) is 21.0 Å². The minimum absolute atomic E-state index is 0.113. The van der Waals surface area contributed by atoms with Gasteiger partial charge in [-0.3, -0.25) is 0 Å². The summed E-state index contributed by atoms with van der Waals surface area (Å²) in [5.41, 5.74) is 0.538. The highest BCUT2D eigenvalue weighted by Crippen LogP contribution is 2.03. The van der Waals surface area contributed by atoms with E-state index in [1.165, 1.54) is 12.3 Å². The van der Waals surface area contributed by atoms with Crippen LogP contribution in [0.1, 0.15) is 28.7 Å². The lowest BCUT2D eigenvalue weighted by atomic mass is 10.4. The Morgan fingerprint density at radius 1 is 1.05 bits per heavy atom. The van der Waals surface area contributed by atoms with Crippen molar-refractivity contribution < 1.29 is 0 Å². The van der Waals surface area contributed by atoms with Crippen LogP contribution in [0.5, 0.6) is 0 Å². The second-order valence-electron chi connectivity index (χ2n) is 3.13. The van der Waals surface area contributed by atoms with Crippen LogP contribution < -0.4 is 0 Å². The van der Waals surface area contributed by atoms with Gasteiger partial charge in [-0.15, -0.1) is 0 Å². The molecule has 2 aromatic rings. The first kappa shape index (κ1) is 14.2. The maximum Gasteiger partial charge on any atom is 0.211 e. The molecule has 0 radical (unpaired) electrons. The molecule has 0 bridgehead atoms. The smallest absolute Gasteiger partial charge is 0.211 e. The summed E-state index contributed by atoms with van der Waals surface area (Å²) in [6.07, 6.45) is 2.83. The summed E-state index contributed by atoms with van der Waals surface area (Å²) >= 11 is 0. The highest BCUT2D eigenvalue weighted by molar-refractivity contribution is 5.45. The number of H-pyrrole nitrogens is 2. The molecule has 0 spiro atoms. The van der Waals surface area contributed by atoms with Crippen molar-refractivity contribution in [1.29, 1.82) is 21.0 Å². The Morgan fingerprint density at radius 3 is 2.15 bits per heavy atom. The molecule has 2 rings (SSSR count). The number of imidazole rings is 2. The Morgan fingerprint density at radius 2 is 1.80 bits per heavy atom. The summed E-state index contributed by atoms with van der Waals surface area (Å²) < 4.78 is 0. The summed E-state index contributed by atoms with van der Waals surface area (Å²) in [5, 5.41) is 33.3. The molecule has 0 amide bonds. The highest BCUT2D eigenvalue weighted by Gasteiger charge is 2.05. The van der Waals surface area contributed by atoms with Crippen LogP contribution in [0.3, 0.4) is 0 Å². The zero-order valence-electron chi connectivity index (χ0n) is 10.0. The van der Waals surface area contributed by atoms with E-state index in [1.54, 1.807) is 18.2 Å². The van der Waals surface area contributed by atoms with Crippen LogP contribution in [0, 0.1) is 45.3 Å². The van der Waals surface area contributed by atoms with Crippen molar-refractivity contribution in [2.45, 2.75) is 0 Å². The van der Waals surface area contributed by atoms with E-state index in [1.807, 2.05) is 6.07 Å². The van der Waals surface area contributed by atoms with E-state index in [0.29, 0.717) is 5.82 Å². The van der Waals surface area contributed by atoms with E-state index < -0.39 is 0 Å². The average molecular weight is 262 g/mol. The molecule has 0 unspecified atom stereocenters. The molecule has 20 heavy (non-hydrogen) atoms. The number of rotatable bonds is 1. The van der Waals surface area contributed by atoms with E-state index in [0.717, 1.165) is 0 Å². The second kappa shape index (κ2) is 6.76. The molecule has 2 heterocycles. The lowest BCUT2D eigenvalue weighted by Crippen LogP contribution is -1.77. The molecular formula is C12H6N8. The quantitative estimate of drug-likeness (QED) is 0.779. The first-order valence-electron chi connectivity index (χ1n) is 5.06. The number of nitriles is 4. The van der Waals surface area contributed by atoms with Gasteiger partial charge < -0.3 is 9.97 Å². The molecule has 0 aliphatic rings. The average Bonchev–Trinajstić information content (AvgIpc) is 3.13. The molecule has 2 N–H and O–H groups in total. The van der Waals surface area contributed by atoms with Gasteiger partial charge in [0.1, 0.15) is 30.1 Å². The number of aromatic amines is 2. The molecule has 0 saturated heterocycles. The van der Waals surface area contributed by atoms with Gasteiger partial charge in [0.2, 0.25) is 5.82 Å². The Bertz CT molecular complexity index is 721. The molecule has 2 aromatic heterocycles. The minimum Gasteiger partial charge on any atom is -0.335 e. The Hall–Kier alpha value is -3.88. The van der Waals surface area contributed by atoms with E-state index in [9.17, 15) is 0 Å². The van der Waals surface area contributed by atoms with Crippen molar-refractivity contribution in [1.82, 2.24) is 19.9 Å². The third-order valence-electron chi connectivity index (χ3n) is 1.93. The summed E-state index contributed by atoms with van der Waals surface area (Å²) in [6.45, 7) is 3.44. The maximum atomic E-state index is 8.45. The van der Waals surface area contributed by atoms with Gasteiger partial charge in [0, 0.05) is 6.20 Å². The second-order valence-corrected chi connectivity index (χ2v) is 3.13. The van der Waals surface area contributed by atoms with Crippen molar-refractivity contribution in [2.24, 2.45) is 0 Å². The normalized spacial score (nSPS) is 8.00. The Labute approximate surface area is 113 Å². The van der Waals surface area contributed by atoms with Crippen LogP contribution in [0.2, 0.25) is 0 Å². The summed E-state index contributed by atoms with van der Waals surface area (Å²) in [5.74, 6) is 0.615. The van der Waals surface area contributed by atoms with Gasteiger partial charge in [0.25, 0.3) is 0 Å². The fourth-order valence-electron chi connectivity index (χ4n) is 1.09. The number of aromatic nitrogens is 4. The maximum absolute atomic E-state index is 8.45. The van der Waals surface area contributed by atoms with Crippen LogP contribution in [0.4, 0.5) is 0 Å². The topological polar surface area (TPSA) is 153 Å². The van der Waals surface area contributed by atoms with Crippen molar-refractivity contribution in [3.8, 4) is 24.3 Å². The van der Waals surface area contributed by atoms with E-state index >= 15 is 0 Å². The number of hydrogen-bond acceptors (Lipinski definition) is 6. The molecule has 0 aromatic carbocycles. The van der Waals surface area contributed by atoms with E-state index in [-0.39, 0.29) is 22.9 Å². The van der Waals surface area contributed by atoms with Crippen molar-refractivity contribution in [2.75, 3.05) is 0 Å². The van der Waals surface area contributed by atoms with Gasteiger partial charge in [-0.1, -0.05) is 6.58 Å². The summed E-state index contributed by atoms with van der Waals surface area (Å²) in [7, 11) is 0. The molecule has 8 nitrogen and oxygen atoms in total. The van der Waals surface area contributed by atoms with E-state index in [4.69, 9.17) is 21.0 Å². The predicted molar refractivity (Wildman–Crippen MR) is 66.1 cm³/mol. The Balaban J connectivity index is 0.000000204. The fourth-order valence-corrected chi connectivity index (χ4v) is 1.09. The van der Waals surface area contributed by atoms with Crippen LogP contribution >= 0.6 is 0 Å². The molecule has 0 fully saturated rings. The van der Waals surface area contributed by atoms with Crippen LogP contribution in [-0.4, -0.2) is 19.9 Å². The minimum atomic E-state index is 0.113. The summed E-state index contributed by atoms with van der Waals surface area (Å²) in [6, 6.07) is 7.15. The van der Waals surface area contributed by atoms with Gasteiger partial charge in [0.05, 0.1) is 0 Å².